The molecule has 102 valence electrons. The Hall–Kier alpha value is -1.40. The second-order valence-electron chi connectivity index (χ2n) is 4.91. The molecule has 0 unspecified atom stereocenters. The van der Waals surface area contributed by atoms with Crippen molar-refractivity contribution in [2.24, 2.45) is 0 Å². The molecule has 0 saturated heterocycles. The monoisotopic (exact) mass is 379 g/mol. The zero-order valence-electron chi connectivity index (χ0n) is 11.0. The molecule has 2 aromatic carbocycles. The van der Waals surface area contributed by atoms with Crippen LogP contribution in [0.25, 0.3) is 0 Å². The molecule has 1 aliphatic heterocycles. The highest BCUT2D eigenvalue weighted by atomic mass is 127. The van der Waals surface area contributed by atoms with Gasteiger partial charge in [-0.05, 0) is 45.9 Å². The van der Waals surface area contributed by atoms with Crippen molar-refractivity contribution in [2.45, 2.75) is 12.1 Å². The van der Waals surface area contributed by atoms with E-state index in [1.807, 2.05) is 48.5 Å². The number of halogens is 1. The van der Waals surface area contributed by atoms with E-state index in [1.54, 1.807) is 11.9 Å². The van der Waals surface area contributed by atoms with Crippen molar-refractivity contribution >= 4 is 28.5 Å². The summed E-state index contributed by atoms with van der Waals surface area (Å²) in [5.41, 5.74) is 2.44. The van der Waals surface area contributed by atoms with Crippen LogP contribution in [0.5, 0.6) is 0 Å². The minimum Gasteiger partial charge on any atom is -0.386 e. The normalized spacial score (nSPS) is 19.1. The number of nitrogens with zero attached hydrogens (tertiary/aromatic N) is 1. The van der Waals surface area contributed by atoms with Gasteiger partial charge < -0.3 is 10.0 Å². The second-order valence-corrected chi connectivity index (χ2v) is 6.08. The van der Waals surface area contributed by atoms with Gasteiger partial charge in [0, 0.05) is 16.2 Å². The molecule has 2 aromatic rings. The number of carbonyl (C=O) groups is 1. The van der Waals surface area contributed by atoms with Gasteiger partial charge in [-0.15, -0.1) is 0 Å². The third-order valence-electron chi connectivity index (χ3n) is 3.77. The van der Waals surface area contributed by atoms with E-state index in [1.165, 1.54) is 0 Å². The fraction of sp³-hybridized carbons (Fsp3) is 0.188. The summed E-state index contributed by atoms with van der Waals surface area (Å²) in [7, 11) is 1.74. The molecule has 3 rings (SSSR count). The SMILES string of the molecule is CN1C(=O)c2ccccc2[C@@H]1[C@H](O)c1ccccc1I. The van der Waals surface area contributed by atoms with E-state index < -0.39 is 6.10 Å². The van der Waals surface area contributed by atoms with Crippen molar-refractivity contribution in [2.75, 3.05) is 7.05 Å². The molecule has 1 amide bonds. The summed E-state index contributed by atoms with van der Waals surface area (Å²) < 4.78 is 1.00. The molecule has 0 aliphatic carbocycles. The highest BCUT2D eigenvalue weighted by molar-refractivity contribution is 14.1. The molecule has 20 heavy (non-hydrogen) atoms. The summed E-state index contributed by atoms with van der Waals surface area (Å²) in [6.45, 7) is 0. The van der Waals surface area contributed by atoms with Gasteiger partial charge in [0.25, 0.3) is 5.91 Å². The fourth-order valence-electron chi connectivity index (χ4n) is 2.74. The number of hydrogen-bond acceptors (Lipinski definition) is 2. The molecule has 2 atom stereocenters. The lowest BCUT2D eigenvalue weighted by molar-refractivity contribution is 0.0512. The third-order valence-corrected chi connectivity index (χ3v) is 4.75. The van der Waals surface area contributed by atoms with Crippen molar-refractivity contribution in [1.29, 1.82) is 0 Å². The molecule has 0 radical (unpaired) electrons. The van der Waals surface area contributed by atoms with Crippen LogP contribution in [0, 0.1) is 3.57 Å². The van der Waals surface area contributed by atoms with Crippen LogP contribution in [-0.4, -0.2) is 23.0 Å². The van der Waals surface area contributed by atoms with Gasteiger partial charge in [-0.1, -0.05) is 36.4 Å². The van der Waals surface area contributed by atoms with Crippen LogP contribution in [0.3, 0.4) is 0 Å². The van der Waals surface area contributed by atoms with E-state index in [9.17, 15) is 9.90 Å². The number of carbonyl (C=O) groups excluding carboxylic acids is 1. The minimum atomic E-state index is -0.722. The summed E-state index contributed by atoms with van der Waals surface area (Å²) in [6, 6.07) is 14.9. The molecule has 0 bridgehead atoms. The zero-order valence-corrected chi connectivity index (χ0v) is 13.1. The van der Waals surface area contributed by atoms with Gasteiger partial charge in [0.2, 0.25) is 0 Å². The minimum absolute atomic E-state index is 0.0319. The van der Waals surface area contributed by atoms with E-state index in [0.717, 1.165) is 14.7 Å². The molecule has 4 heteroatoms. The number of benzene rings is 2. The molecule has 0 aromatic heterocycles. The van der Waals surface area contributed by atoms with E-state index in [2.05, 4.69) is 22.6 Å². The molecular weight excluding hydrogens is 365 g/mol. The molecule has 1 N–H and O–H groups in total. The molecule has 1 aliphatic rings. The van der Waals surface area contributed by atoms with E-state index >= 15 is 0 Å². The van der Waals surface area contributed by atoms with Crippen molar-refractivity contribution in [3.63, 3.8) is 0 Å². The first-order valence-corrected chi connectivity index (χ1v) is 7.47. The Morgan fingerprint density at radius 3 is 2.55 bits per heavy atom. The lowest BCUT2D eigenvalue weighted by atomic mass is 9.95. The standard InChI is InChI=1S/C16H14INO2/c1-18-14(10-6-2-3-7-11(10)16(18)20)15(19)12-8-4-5-9-13(12)17/h2-9,14-15,19H,1H3/t14-,15-/m1/s1. The van der Waals surface area contributed by atoms with E-state index in [-0.39, 0.29) is 11.9 Å². The topological polar surface area (TPSA) is 40.5 Å². The Balaban J connectivity index is 2.07. The van der Waals surface area contributed by atoms with Crippen LogP contribution in [0.1, 0.15) is 33.6 Å². The first-order valence-electron chi connectivity index (χ1n) is 6.40. The smallest absolute Gasteiger partial charge is 0.254 e. The number of aliphatic hydroxyl groups excluding tert-OH is 1. The summed E-state index contributed by atoms with van der Waals surface area (Å²) in [5.74, 6) is -0.0319. The lowest BCUT2D eigenvalue weighted by Gasteiger charge is -2.27. The van der Waals surface area contributed by atoms with Crippen molar-refractivity contribution in [1.82, 2.24) is 4.90 Å². The largest absolute Gasteiger partial charge is 0.386 e. The van der Waals surface area contributed by atoms with Gasteiger partial charge in [0.15, 0.2) is 0 Å². The summed E-state index contributed by atoms with van der Waals surface area (Å²) in [4.78, 5) is 13.9. The van der Waals surface area contributed by atoms with Crippen LogP contribution in [0.4, 0.5) is 0 Å². The van der Waals surface area contributed by atoms with Crippen LogP contribution in [0.2, 0.25) is 0 Å². The Labute approximate surface area is 131 Å². The third kappa shape index (κ3) is 2.03. The molecular formula is C16H14INO2. The average Bonchev–Trinajstić information content (AvgIpc) is 2.71. The van der Waals surface area contributed by atoms with Crippen molar-refractivity contribution < 1.29 is 9.90 Å². The van der Waals surface area contributed by atoms with Gasteiger partial charge in [0.05, 0.1) is 6.04 Å². The number of hydrogen-bond donors (Lipinski definition) is 1. The van der Waals surface area contributed by atoms with Gasteiger partial charge >= 0.3 is 0 Å². The predicted octanol–water partition coefficient (Wildman–Crippen LogP) is 3.15. The fourth-order valence-corrected chi connectivity index (χ4v) is 3.45. The number of amides is 1. The number of likely N-dealkylation sites (N-methyl/N-ethyl adjacent to an activating group) is 1. The van der Waals surface area contributed by atoms with Gasteiger partial charge in [0.1, 0.15) is 6.10 Å². The lowest BCUT2D eigenvalue weighted by Crippen LogP contribution is -2.27. The predicted molar refractivity (Wildman–Crippen MR) is 85.4 cm³/mol. The molecule has 0 saturated carbocycles. The van der Waals surface area contributed by atoms with E-state index in [4.69, 9.17) is 0 Å². The Kier molecular flexibility index (Phi) is 3.52. The molecule has 3 nitrogen and oxygen atoms in total. The van der Waals surface area contributed by atoms with Gasteiger partial charge in [-0.3, -0.25) is 4.79 Å². The first kappa shape index (κ1) is 13.6. The zero-order chi connectivity index (χ0) is 14.3. The summed E-state index contributed by atoms with van der Waals surface area (Å²) >= 11 is 2.21. The molecule has 0 fully saturated rings. The van der Waals surface area contributed by atoms with Crippen LogP contribution < -0.4 is 0 Å². The Bertz CT molecular complexity index is 671. The highest BCUT2D eigenvalue weighted by Gasteiger charge is 2.39. The molecule has 0 spiro atoms. The van der Waals surface area contributed by atoms with Crippen LogP contribution in [-0.2, 0) is 0 Å². The molecule has 1 heterocycles. The maximum atomic E-state index is 12.2. The first-order chi connectivity index (χ1) is 9.61. The Morgan fingerprint density at radius 2 is 1.80 bits per heavy atom. The van der Waals surface area contributed by atoms with Crippen molar-refractivity contribution in [3.8, 4) is 0 Å². The summed E-state index contributed by atoms with van der Waals surface area (Å²) in [6.07, 6.45) is -0.722. The summed E-state index contributed by atoms with van der Waals surface area (Å²) in [5, 5.41) is 10.7. The van der Waals surface area contributed by atoms with E-state index in [0.29, 0.717) is 5.56 Å². The highest BCUT2D eigenvalue weighted by Crippen LogP contribution is 2.41. The maximum Gasteiger partial charge on any atom is 0.254 e. The van der Waals surface area contributed by atoms with Crippen LogP contribution in [0.15, 0.2) is 48.5 Å². The van der Waals surface area contributed by atoms with Gasteiger partial charge in [-0.2, -0.15) is 0 Å². The quantitative estimate of drug-likeness (QED) is 0.815. The van der Waals surface area contributed by atoms with Gasteiger partial charge in [-0.25, -0.2) is 0 Å². The average molecular weight is 379 g/mol. The number of rotatable bonds is 2. The maximum absolute atomic E-state index is 12.2. The number of aliphatic hydroxyl groups is 1. The van der Waals surface area contributed by atoms with Crippen molar-refractivity contribution in [3.05, 3.63) is 68.8 Å². The Morgan fingerprint density at radius 1 is 1.15 bits per heavy atom. The van der Waals surface area contributed by atoms with Crippen LogP contribution >= 0.6 is 22.6 Å². The number of fused-ring (bicyclic) bond motifs is 1. The second kappa shape index (κ2) is 5.18.